The van der Waals surface area contributed by atoms with E-state index in [1.807, 2.05) is 24.3 Å². The van der Waals surface area contributed by atoms with Crippen LogP contribution < -0.4 is 5.32 Å². The van der Waals surface area contributed by atoms with Crippen molar-refractivity contribution < 1.29 is 14.7 Å². The number of thioether (sulfide) groups is 1. The van der Waals surface area contributed by atoms with Crippen LogP contribution in [0.15, 0.2) is 29.2 Å². The van der Waals surface area contributed by atoms with Gasteiger partial charge in [-0.15, -0.1) is 11.8 Å². The van der Waals surface area contributed by atoms with Crippen LogP contribution in [0.1, 0.15) is 26.2 Å². The largest absolute Gasteiger partial charge is 0.481 e. The summed E-state index contributed by atoms with van der Waals surface area (Å²) >= 11 is 7.48. The second kappa shape index (κ2) is 9.68. The van der Waals surface area contributed by atoms with Gasteiger partial charge in [0.05, 0.1) is 5.92 Å². The van der Waals surface area contributed by atoms with Gasteiger partial charge in [-0.2, -0.15) is 0 Å². The van der Waals surface area contributed by atoms with Crippen LogP contribution in [0.5, 0.6) is 0 Å². The highest BCUT2D eigenvalue weighted by Gasteiger charge is 2.15. The molecule has 4 nitrogen and oxygen atoms in total. The van der Waals surface area contributed by atoms with E-state index in [0.29, 0.717) is 17.9 Å². The quantitative estimate of drug-likeness (QED) is 0.538. The topological polar surface area (TPSA) is 66.4 Å². The predicted molar refractivity (Wildman–Crippen MR) is 85.8 cm³/mol. The minimum absolute atomic E-state index is 0.0913. The van der Waals surface area contributed by atoms with E-state index >= 15 is 0 Å². The van der Waals surface area contributed by atoms with Crippen LogP contribution in [-0.4, -0.2) is 29.3 Å². The van der Waals surface area contributed by atoms with E-state index in [2.05, 4.69) is 5.32 Å². The number of hydrogen-bond donors (Lipinski definition) is 2. The minimum Gasteiger partial charge on any atom is -0.481 e. The number of hydrogen-bond acceptors (Lipinski definition) is 3. The summed E-state index contributed by atoms with van der Waals surface area (Å²) in [5.74, 6) is -0.620. The molecule has 116 valence electrons. The van der Waals surface area contributed by atoms with Crippen molar-refractivity contribution in [2.45, 2.75) is 31.1 Å². The standard InChI is InChI=1S/C15H20ClNO3S/c1-2-11(15(19)20)10-17-14(18)4-3-9-21-13-7-5-12(16)6-8-13/h5-8,11H,2-4,9-10H2,1H3,(H,17,18)(H,19,20). The normalized spacial score (nSPS) is 11.9. The fraction of sp³-hybridized carbons (Fsp3) is 0.467. The number of amides is 1. The van der Waals surface area contributed by atoms with Gasteiger partial charge in [0.15, 0.2) is 0 Å². The van der Waals surface area contributed by atoms with Crippen molar-refractivity contribution in [3.05, 3.63) is 29.3 Å². The molecule has 1 aromatic carbocycles. The molecule has 0 aromatic heterocycles. The summed E-state index contributed by atoms with van der Waals surface area (Å²) in [6.45, 7) is 2.00. The van der Waals surface area contributed by atoms with Gasteiger partial charge in [0.2, 0.25) is 5.91 Å². The Bertz CT molecular complexity index is 464. The SMILES string of the molecule is CCC(CNC(=O)CCCSc1ccc(Cl)cc1)C(=O)O. The first-order valence-corrected chi connectivity index (χ1v) is 8.27. The predicted octanol–water partition coefficient (Wildman–Crippen LogP) is 3.44. The van der Waals surface area contributed by atoms with E-state index in [1.165, 1.54) is 0 Å². The summed E-state index contributed by atoms with van der Waals surface area (Å²) in [5, 5.41) is 12.3. The van der Waals surface area contributed by atoms with Crippen molar-refractivity contribution in [2.24, 2.45) is 5.92 Å². The molecule has 1 amide bonds. The average Bonchev–Trinajstić information content (AvgIpc) is 2.45. The molecule has 0 fully saturated rings. The van der Waals surface area contributed by atoms with Gasteiger partial charge >= 0.3 is 5.97 Å². The van der Waals surface area contributed by atoms with Crippen LogP contribution in [-0.2, 0) is 9.59 Å². The number of nitrogens with one attached hydrogen (secondary N) is 1. The Morgan fingerprint density at radius 3 is 2.57 bits per heavy atom. The molecule has 1 atom stereocenters. The Hall–Kier alpha value is -1.20. The summed E-state index contributed by atoms with van der Waals surface area (Å²) < 4.78 is 0. The molecule has 0 aliphatic heterocycles. The minimum atomic E-state index is -0.865. The Balaban J connectivity index is 2.16. The van der Waals surface area contributed by atoms with Gasteiger partial charge in [0.1, 0.15) is 0 Å². The van der Waals surface area contributed by atoms with E-state index in [0.717, 1.165) is 17.1 Å². The highest BCUT2D eigenvalue weighted by Crippen LogP contribution is 2.21. The molecule has 0 heterocycles. The van der Waals surface area contributed by atoms with Crippen molar-refractivity contribution in [1.29, 1.82) is 0 Å². The summed E-state index contributed by atoms with van der Waals surface area (Å²) in [4.78, 5) is 23.6. The number of benzene rings is 1. The first-order chi connectivity index (χ1) is 10.0. The van der Waals surface area contributed by atoms with Gasteiger partial charge in [-0.25, -0.2) is 0 Å². The molecule has 6 heteroatoms. The Kier molecular flexibility index (Phi) is 8.23. The van der Waals surface area contributed by atoms with Gasteiger partial charge in [-0.3, -0.25) is 9.59 Å². The van der Waals surface area contributed by atoms with Crippen LogP contribution in [0.3, 0.4) is 0 Å². The molecule has 0 spiro atoms. The molecule has 1 rings (SSSR count). The van der Waals surface area contributed by atoms with Crippen LogP contribution in [0.2, 0.25) is 5.02 Å². The fourth-order valence-electron chi connectivity index (χ4n) is 1.69. The molecule has 0 saturated carbocycles. The van der Waals surface area contributed by atoms with Crippen LogP contribution >= 0.6 is 23.4 Å². The molecule has 2 N–H and O–H groups in total. The van der Waals surface area contributed by atoms with Crippen molar-refractivity contribution in [3.63, 3.8) is 0 Å². The molecule has 21 heavy (non-hydrogen) atoms. The molecular formula is C15H20ClNO3S. The number of aliphatic carboxylic acids is 1. The lowest BCUT2D eigenvalue weighted by Crippen LogP contribution is -2.32. The lowest BCUT2D eigenvalue weighted by molar-refractivity contribution is -0.141. The van der Waals surface area contributed by atoms with Gasteiger partial charge < -0.3 is 10.4 Å². The third kappa shape index (κ3) is 7.39. The first-order valence-electron chi connectivity index (χ1n) is 6.90. The highest BCUT2D eigenvalue weighted by molar-refractivity contribution is 7.99. The van der Waals surface area contributed by atoms with E-state index < -0.39 is 11.9 Å². The number of carbonyl (C=O) groups excluding carboxylic acids is 1. The van der Waals surface area contributed by atoms with E-state index in [4.69, 9.17) is 16.7 Å². The van der Waals surface area contributed by atoms with Gasteiger partial charge in [-0.1, -0.05) is 18.5 Å². The zero-order chi connectivity index (χ0) is 15.7. The third-order valence-corrected chi connectivity index (χ3v) is 4.37. The monoisotopic (exact) mass is 329 g/mol. The van der Waals surface area contributed by atoms with Crippen molar-refractivity contribution in [1.82, 2.24) is 5.32 Å². The fourth-order valence-corrected chi connectivity index (χ4v) is 2.66. The van der Waals surface area contributed by atoms with Crippen molar-refractivity contribution >= 4 is 35.2 Å². The second-order valence-electron chi connectivity index (χ2n) is 4.65. The number of carboxylic acid groups (broad SMARTS) is 1. The second-order valence-corrected chi connectivity index (χ2v) is 6.26. The van der Waals surface area contributed by atoms with Crippen molar-refractivity contribution in [3.8, 4) is 0 Å². The average molecular weight is 330 g/mol. The molecular weight excluding hydrogens is 310 g/mol. The number of halogens is 1. The maximum atomic E-state index is 11.6. The summed E-state index contributed by atoms with van der Waals surface area (Å²) in [7, 11) is 0. The van der Waals surface area contributed by atoms with Gasteiger partial charge in [0, 0.05) is 22.9 Å². The zero-order valence-electron chi connectivity index (χ0n) is 12.0. The maximum Gasteiger partial charge on any atom is 0.308 e. The number of rotatable bonds is 9. The lowest BCUT2D eigenvalue weighted by atomic mass is 10.1. The lowest BCUT2D eigenvalue weighted by Gasteiger charge is -2.10. The Morgan fingerprint density at radius 2 is 2.00 bits per heavy atom. The molecule has 1 unspecified atom stereocenters. The third-order valence-electron chi connectivity index (χ3n) is 3.02. The van der Waals surface area contributed by atoms with Gasteiger partial charge in [-0.05, 0) is 42.9 Å². The van der Waals surface area contributed by atoms with Crippen molar-refractivity contribution in [2.75, 3.05) is 12.3 Å². The summed E-state index contributed by atoms with van der Waals surface area (Å²) in [5.41, 5.74) is 0. The number of carbonyl (C=O) groups is 2. The molecule has 0 saturated heterocycles. The molecule has 0 aliphatic carbocycles. The zero-order valence-corrected chi connectivity index (χ0v) is 13.5. The summed E-state index contributed by atoms with van der Waals surface area (Å²) in [6, 6.07) is 7.58. The Labute approximate surface area is 134 Å². The molecule has 0 aliphatic rings. The van der Waals surface area contributed by atoms with E-state index in [9.17, 15) is 9.59 Å². The molecule has 1 aromatic rings. The molecule has 0 bridgehead atoms. The van der Waals surface area contributed by atoms with Crippen LogP contribution in [0, 0.1) is 5.92 Å². The van der Waals surface area contributed by atoms with Gasteiger partial charge in [0.25, 0.3) is 0 Å². The van der Waals surface area contributed by atoms with Crippen LogP contribution in [0.25, 0.3) is 0 Å². The first kappa shape index (κ1) is 17.9. The maximum absolute atomic E-state index is 11.6. The van der Waals surface area contributed by atoms with E-state index in [-0.39, 0.29) is 12.5 Å². The van der Waals surface area contributed by atoms with Crippen LogP contribution in [0.4, 0.5) is 0 Å². The van der Waals surface area contributed by atoms with E-state index in [1.54, 1.807) is 18.7 Å². The number of carboxylic acids is 1. The molecule has 0 radical (unpaired) electrons. The summed E-state index contributed by atoms with van der Waals surface area (Å²) in [6.07, 6.45) is 1.68. The smallest absolute Gasteiger partial charge is 0.308 e. The Morgan fingerprint density at radius 1 is 1.33 bits per heavy atom. The highest BCUT2D eigenvalue weighted by atomic mass is 35.5.